The molecule has 0 aromatic carbocycles. The fraction of sp³-hybridized carbons (Fsp3) is 0.421. The van der Waals surface area contributed by atoms with Crippen molar-refractivity contribution in [2.24, 2.45) is 0 Å². The molecule has 1 spiro atoms. The third-order valence-corrected chi connectivity index (χ3v) is 5.50. The minimum atomic E-state index is -0.190. The minimum Gasteiger partial charge on any atom is -0.368 e. The molecule has 7 heteroatoms. The Balaban J connectivity index is 1.26. The maximum Gasteiger partial charge on any atom is 0.151 e. The van der Waals surface area contributed by atoms with E-state index in [1.165, 1.54) is 11.3 Å². The van der Waals surface area contributed by atoms with Crippen LogP contribution in [-0.4, -0.2) is 44.9 Å². The number of rotatable bonds is 3. The molecule has 1 saturated heterocycles. The van der Waals surface area contributed by atoms with Crippen LogP contribution >= 0.6 is 0 Å². The highest BCUT2D eigenvalue weighted by molar-refractivity contribution is 5.57. The first kappa shape index (κ1) is 15.7. The van der Waals surface area contributed by atoms with Gasteiger partial charge in [0.15, 0.2) is 5.76 Å². The Morgan fingerprint density at radius 3 is 2.88 bits per heavy atom. The molecule has 26 heavy (non-hydrogen) atoms. The van der Waals surface area contributed by atoms with Gasteiger partial charge in [0.25, 0.3) is 0 Å². The molecule has 5 heterocycles. The molecule has 1 fully saturated rings. The Labute approximate surface area is 151 Å². The van der Waals surface area contributed by atoms with E-state index in [9.17, 15) is 0 Å². The third kappa shape index (κ3) is 2.73. The Bertz CT molecular complexity index is 880. The second-order valence-electron chi connectivity index (χ2n) is 7.05. The van der Waals surface area contributed by atoms with Crippen molar-refractivity contribution in [3.05, 3.63) is 53.8 Å². The van der Waals surface area contributed by atoms with Crippen LogP contribution in [0, 0.1) is 0 Å². The number of nitrogens with zero attached hydrogens (tertiary/aromatic N) is 4. The van der Waals surface area contributed by atoms with Crippen LogP contribution < -0.4 is 0 Å². The van der Waals surface area contributed by atoms with Gasteiger partial charge in [-0.3, -0.25) is 15.0 Å². The van der Waals surface area contributed by atoms with E-state index in [-0.39, 0.29) is 5.60 Å². The number of pyridine rings is 1. The number of likely N-dealkylation sites (tertiary alicyclic amines) is 1. The molecule has 7 nitrogen and oxygen atoms in total. The first-order chi connectivity index (χ1) is 12.8. The number of aromatic nitrogens is 4. The number of piperidine rings is 1. The standard InChI is InChI=1S/C19H21N5O2/c1-6-20-7-2-14(1)17-11-16(26-23-17)13-24-8-4-19(5-9-24)18-15(3-10-25-19)12-21-22-18/h1-2,6-7,11-12H,3-5,8-10,13H2,(H,21,22). The summed E-state index contributed by atoms with van der Waals surface area (Å²) in [6.45, 7) is 3.47. The van der Waals surface area contributed by atoms with Gasteiger partial charge in [-0.2, -0.15) is 5.10 Å². The topological polar surface area (TPSA) is 80.1 Å². The van der Waals surface area contributed by atoms with Crippen LogP contribution in [0.1, 0.15) is 29.9 Å². The van der Waals surface area contributed by atoms with Gasteiger partial charge in [-0.1, -0.05) is 5.16 Å². The molecular weight excluding hydrogens is 330 g/mol. The summed E-state index contributed by atoms with van der Waals surface area (Å²) in [6, 6.07) is 5.90. The SMILES string of the molecule is c1cc(-c2cc(CN3CCC4(CC3)OCCc3cn[nH]c34)on2)ccn1. The van der Waals surface area contributed by atoms with Crippen molar-refractivity contribution in [2.75, 3.05) is 19.7 Å². The van der Waals surface area contributed by atoms with Gasteiger partial charge in [-0.25, -0.2) is 0 Å². The molecule has 2 aliphatic rings. The highest BCUT2D eigenvalue weighted by Crippen LogP contribution is 2.40. The normalized spacial score (nSPS) is 19.5. The summed E-state index contributed by atoms with van der Waals surface area (Å²) in [5.41, 5.74) is 4.18. The lowest BCUT2D eigenvalue weighted by Crippen LogP contribution is -2.46. The zero-order chi connectivity index (χ0) is 17.4. The van der Waals surface area contributed by atoms with Crippen LogP contribution in [0.15, 0.2) is 41.3 Å². The maximum absolute atomic E-state index is 6.21. The van der Waals surface area contributed by atoms with E-state index in [4.69, 9.17) is 9.26 Å². The van der Waals surface area contributed by atoms with Crippen molar-refractivity contribution in [1.29, 1.82) is 0 Å². The van der Waals surface area contributed by atoms with Crippen molar-refractivity contribution in [3.63, 3.8) is 0 Å². The van der Waals surface area contributed by atoms with Gasteiger partial charge in [0.1, 0.15) is 11.3 Å². The van der Waals surface area contributed by atoms with E-state index < -0.39 is 0 Å². The Kier molecular flexibility index (Phi) is 3.83. The van der Waals surface area contributed by atoms with Crippen molar-refractivity contribution >= 4 is 0 Å². The Hall–Kier alpha value is -2.51. The average molecular weight is 351 g/mol. The monoisotopic (exact) mass is 351 g/mol. The van der Waals surface area contributed by atoms with Gasteiger partial charge in [0.05, 0.1) is 25.0 Å². The highest BCUT2D eigenvalue weighted by atomic mass is 16.5. The van der Waals surface area contributed by atoms with Crippen LogP contribution in [0.2, 0.25) is 0 Å². The number of hydrogen-bond acceptors (Lipinski definition) is 6. The lowest BCUT2D eigenvalue weighted by molar-refractivity contribution is -0.102. The second kappa shape index (κ2) is 6.34. The van der Waals surface area contributed by atoms with Gasteiger partial charge in [0, 0.05) is 37.1 Å². The van der Waals surface area contributed by atoms with E-state index in [2.05, 4.69) is 25.2 Å². The fourth-order valence-electron chi connectivity index (χ4n) is 4.06. The van der Waals surface area contributed by atoms with Crippen molar-refractivity contribution in [1.82, 2.24) is 25.2 Å². The van der Waals surface area contributed by atoms with E-state index in [0.717, 1.165) is 62.5 Å². The predicted molar refractivity (Wildman–Crippen MR) is 94.2 cm³/mol. The smallest absolute Gasteiger partial charge is 0.151 e. The van der Waals surface area contributed by atoms with Crippen LogP contribution in [0.3, 0.4) is 0 Å². The summed E-state index contributed by atoms with van der Waals surface area (Å²) in [7, 11) is 0. The van der Waals surface area contributed by atoms with Crippen LogP contribution in [-0.2, 0) is 23.3 Å². The molecule has 0 radical (unpaired) electrons. The van der Waals surface area contributed by atoms with E-state index in [0.29, 0.717) is 0 Å². The van der Waals surface area contributed by atoms with Gasteiger partial charge in [-0.15, -0.1) is 0 Å². The first-order valence-electron chi connectivity index (χ1n) is 9.07. The number of hydrogen-bond donors (Lipinski definition) is 1. The van der Waals surface area contributed by atoms with E-state index >= 15 is 0 Å². The number of aromatic amines is 1. The number of ether oxygens (including phenoxy) is 1. The summed E-state index contributed by atoms with van der Waals surface area (Å²) >= 11 is 0. The molecule has 1 N–H and O–H groups in total. The van der Waals surface area contributed by atoms with Crippen molar-refractivity contribution in [3.8, 4) is 11.3 Å². The summed E-state index contributed by atoms with van der Waals surface area (Å²) in [5, 5.41) is 11.6. The molecule has 0 unspecified atom stereocenters. The fourth-order valence-corrected chi connectivity index (χ4v) is 4.06. The maximum atomic E-state index is 6.21. The molecule has 134 valence electrons. The quantitative estimate of drug-likeness (QED) is 0.781. The van der Waals surface area contributed by atoms with Crippen molar-refractivity contribution < 1.29 is 9.26 Å². The predicted octanol–water partition coefficient (Wildman–Crippen LogP) is 2.52. The molecule has 5 rings (SSSR count). The van der Waals surface area contributed by atoms with Crippen LogP contribution in [0.5, 0.6) is 0 Å². The Morgan fingerprint density at radius 1 is 1.19 bits per heavy atom. The van der Waals surface area contributed by atoms with Crippen LogP contribution in [0.25, 0.3) is 11.3 Å². The molecule has 3 aromatic heterocycles. The molecule has 0 bridgehead atoms. The van der Waals surface area contributed by atoms with E-state index in [1.54, 1.807) is 12.4 Å². The highest BCUT2D eigenvalue weighted by Gasteiger charge is 2.42. The first-order valence-corrected chi connectivity index (χ1v) is 9.07. The zero-order valence-corrected chi connectivity index (χ0v) is 14.5. The summed E-state index contributed by atoms with van der Waals surface area (Å²) in [4.78, 5) is 6.44. The number of nitrogens with one attached hydrogen (secondary N) is 1. The number of H-pyrrole nitrogens is 1. The van der Waals surface area contributed by atoms with E-state index in [1.807, 2.05) is 24.4 Å². The summed E-state index contributed by atoms with van der Waals surface area (Å²) in [6.07, 6.45) is 8.36. The molecule has 0 aliphatic carbocycles. The van der Waals surface area contributed by atoms with Gasteiger partial charge < -0.3 is 9.26 Å². The third-order valence-electron chi connectivity index (χ3n) is 5.50. The van der Waals surface area contributed by atoms with Crippen LogP contribution in [0.4, 0.5) is 0 Å². The average Bonchev–Trinajstić information content (AvgIpc) is 3.35. The van der Waals surface area contributed by atoms with Gasteiger partial charge in [-0.05, 0) is 37.0 Å². The molecule has 0 amide bonds. The lowest BCUT2D eigenvalue weighted by atomic mass is 9.84. The molecule has 2 aliphatic heterocycles. The lowest BCUT2D eigenvalue weighted by Gasteiger charge is -2.43. The molecular formula is C19H21N5O2. The molecule has 0 atom stereocenters. The minimum absolute atomic E-state index is 0.190. The van der Waals surface area contributed by atoms with Crippen molar-refractivity contribution in [2.45, 2.75) is 31.4 Å². The summed E-state index contributed by atoms with van der Waals surface area (Å²) < 4.78 is 11.8. The van der Waals surface area contributed by atoms with Gasteiger partial charge >= 0.3 is 0 Å². The zero-order valence-electron chi connectivity index (χ0n) is 14.5. The molecule has 3 aromatic rings. The summed E-state index contributed by atoms with van der Waals surface area (Å²) in [5.74, 6) is 0.888. The largest absolute Gasteiger partial charge is 0.368 e. The number of fused-ring (bicyclic) bond motifs is 2. The Morgan fingerprint density at radius 2 is 2.04 bits per heavy atom. The second-order valence-corrected chi connectivity index (χ2v) is 7.05. The molecule has 0 saturated carbocycles. The van der Waals surface area contributed by atoms with Gasteiger partial charge in [0.2, 0.25) is 0 Å².